The second-order valence-corrected chi connectivity index (χ2v) is 6.86. The SMILES string of the molecule is CCN(CC(=O)NCc1ccc(F)cc1)C(C)C(=O)NCc1ccccc1Cl. The van der Waals surface area contributed by atoms with Crippen molar-refractivity contribution in [2.24, 2.45) is 0 Å². The van der Waals surface area contributed by atoms with E-state index in [0.29, 0.717) is 24.7 Å². The first-order valence-corrected chi connectivity index (χ1v) is 9.54. The molecular formula is C21H25ClFN3O2. The molecule has 0 saturated heterocycles. The number of hydrogen-bond donors (Lipinski definition) is 2. The van der Waals surface area contributed by atoms with Crippen LogP contribution in [0.2, 0.25) is 5.02 Å². The molecule has 2 aromatic carbocycles. The molecule has 2 amide bonds. The number of benzene rings is 2. The predicted molar refractivity (Wildman–Crippen MR) is 108 cm³/mol. The molecule has 0 fully saturated rings. The fourth-order valence-electron chi connectivity index (χ4n) is 2.70. The normalized spacial score (nSPS) is 11.9. The van der Waals surface area contributed by atoms with Gasteiger partial charge in [-0.3, -0.25) is 14.5 Å². The Morgan fingerprint density at radius 3 is 2.39 bits per heavy atom. The zero-order valence-electron chi connectivity index (χ0n) is 16.0. The Morgan fingerprint density at radius 2 is 1.75 bits per heavy atom. The Kier molecular flexibility index (Phi) is 8.42. The van der Waals surface area contributed by atoms with E-state index in [1.165, 1.54) is 12.1 Å². The zero-order chi connectivity index (χ0) is 20.5. The van der Waals surface area contributed by atoms with Crippen LogP contribution in [0.3, 0.4) is 0 Å². The summed E-state index contributed by atoms with van der Waals surface area (Å²) in [6.07, 6.45) is 0. The molecule has 0 saturated carbocycles. The second-order valence-electron chi connectivity index (χ2n) is 6.45. The van der Waals surface area contributed by atoms with Crippen molar-refractivity contribution < 1.29 is 14.0 Å². The molecule has 0 spiro atoms. The summed E-state index contributed by atoms with van der Waals surface area (Å²) in [4.78, 5) is 26.5. The van der Waals surface area contributed by atoms with Gasteiger partial charge >= 0.3 is 0 Å². The van der Waals surface area contributed by atoms with Crippen molar-refractivity contribution in [3.05, 3.63) is 70.5 Å². The van der Waals surface area contributed by atoms with Crippen LogP contribution in [0, 0.1) is 5.82 Å². The van der Waals surface area contributed by atoms with Gasteiger partial charge in [0.25, 0.3) is 0 Å². The quantitative estimate of drug-likeness (QED) is 0.673. The smallest absolute Gasteiger partial charge is 0.237 e. The van der Waals surface area contributed by atoms with E-state index in [2.05, 4.69) is 10.6 Å². The summed E-state index contributed by atoms with van der Waals surface area (Å²) in [5, 5.41) is 6.25. The maximum absolute atomic E-state index is 12.9. The molecule has 0 aliphatic carbocycles. The summed E-state index contributed by atoms with van der Waals surface area (Å²) in [7, 11) is 0. The minimum atomic E-state index is -0.468. The molecule has 28 heavy (non-hydrogen) atoms. The van der Waals surface area contributed by atoms with Gasteiger partial charge in [-0.25, -0.2) is 4.39 Å². The topological polar surface area (TPSA) is 61.4 Å². The van der Waals surface area contributed by atoms with Crippen molar-refractivity contribution in [2.45, 2.75) is 33.0 Å². The first-order valence-electron chi connectivity index (χ1n) is 9.17. The Labute approximate surface area is 169 Å². The van der Waals surface area contributed by atoms with Gasteiger partial charge in [-0.15, -0.1) is 0 Å². The number of carbonyl (C=O) groups excluding carboxylic acids is 2. The van der Waals surface area contributed by atoms with Gasteiger partial charge in [0.2, 0.25) is 11.8 Å². The van der Waals surface area contributed by atoms with Gasteiger partial charge in [0.1, 0.15) is 5.82 Å². The standard InChI is InChI=1S/C21H25ClFN3O2/c1-3-26(14-20(27)24-12-16-8-10-18(23)11-9-16)15(2)21(28)25-13-17-6-4-5-7-19(17)22/h4-11,15H,3,12-14H2,1-2H3,(H,24,27)(H,25,28). The molecule has 1 unspecified atom stereocenters. The summed E-state index contributed by atoms with van der Waals surface area (Å²) in [5.74, 6) is -0.686. The fraction of sp³-hybridized carbons (Fsp3) is 0.333. The van der Waals surface area contributed by atoms with Crippen molar-refractivity contribution in [3.8, 4) is 0 Å². The van der Waals surface area contributed by atoms with E-state index in [1.807, 2.05) is 25.1 Å². The van der Waals surface area contributed by atoms with E-state index in [0.717, 1.165) is 11.1 Å². The molecule has 0 heterocycles. The highest BCUT2D eigenvalue weighted by atomic mass is 35.5. The van der Waals surface area contributed by atoms with E-state index in [-0.39, 0.29) is 24.2 Å². The molecule has 7 heteroatoms. The van der Waals surface area contributed by atoms with Gasteiger partial charge in [0.15, 0.2) is 0 Å². The van der Waals surface area contributed by atoms with Crippen molar-refractivity contribution in [2.75, 3.05) is 13.1 Å². The van der Waals surface area contributed by atoms with Gasteiger partial charge in [0, 0.05) is 18.1 Å². The lowest BCUT2D eigenvalue weighted by molar-refractivity contribution is -0.128. The number of hydrogen-bond acceptors (Lipinski definition) is 3. The number of carbonyl (C=O) groups is 2. The molecule has 5 nitrogen and oxygen atoms in total. The van der Waals surface area contributed by atoms with Crippen LogP contribution in [0.15, 0.2) is 48.5 Å². The van der Waals surface area contributed by atoms with Crippen LogP contribution in [0.25, 0.3) is 0 Å². The molecule has 0 aliphatic heterocycles. The van der Waals surface area contributed by atoms with E-state index in [4.69, 9.17) is 11.6 Å². The van der Waals surface area contributed by atoms with Gasteiger partial charge in [-0.2, -0.15) is 0 Å². The molecule has 0 bridgehead atoms. The maximum Gasteiger partial charge on any atom is 0.237 e. The molecule has 0 aromatic heterocycles. The molecule has 1 atom stereocenters. The van der Waals surface area contributed by atoms with Crippen LogP contribution in [-0.4, -0.2) is 35.8 Å². The number of likely N-dealkylation sites (N-methyl/N-ethyl adjacent to an activating group) is 1. The number of halogens is 2. The largest absolute Gasteiger partial charge is 0.351 e. The molecule has 0 aliphatic rings. The van der Waals surface area contributed by atoms with E-state index in [1.54, 1.807) is 30.0 Å². The van der Waals surface area contributed by atoms with Crippen LogP contribution in [-0.2, 0) is 22.7 Å². The zero-order valence-corrected chi connectivity index (χ0v) is 16.8. The molecule has 2 aromatic rings. The summed E-state index contributed by atoms with van der Waals surface area (Å²) in [5.41, 5.74) is 1.65. The van der Waals surface area contributed by atoms with Crippen molar-refractivity contribution >= 4 is 23.4 Å². The van der Waals surface area contributed by atoms with Crippen LogP contribution in [0.5, 0.6) is 0 Å². The number of rotatable bonds is 9. The molecule has 150 valence electrons. The maximum atomic E-state index is 12.9. The minimum absolute atomic E-state index is 0.0956. The third kappa shape index (κ3) is 6.62. The number of amides is 2. The lowest BCUT2D eigenvalue weighted by Gasteiger charge is -2.26. The minimum Gasteiger partial charge on any atom is -0.351 e. The molecule has 2 N–H and O–H groups in total. The highest BCUT2D eigenvalue weighted by Crippen LogP contribution is 2.14. The second kappa shape index (κ2) is 10.8. The molecule has 2 rings (SSSR count). The molecular weight excluding hydrogens is 381 g/mol. The number of nitrogens with one attached hydrogen (secondary N) is 2. The van der Waals surface area contributed by atoms with Gasteiger partial charge < -0.3 is 10.6 Å². The van der Waals surface area contributed by atoms with E-state index in [9.17, 15) is 14.0 Å². The third-order valence-electron chi connectivity index (χ3n) is 4.49. The van der Waals surface area contributed by atoms with Crippen LogP contribution in [0.4, 0.5) is 4.39 Å². The lowest BCUT2D eigenvalue weighted by atomic mass is 10.2. The Hall–Kier alpha value is -2.44. The van der Waals surface area contributed by atoms with Crippen LogP contribution < -0.4 is 10.6 Å². The highest BCUT2D eigenvalue weighted by molar-refractivity contribution is 6.31. The van der Waals surface area contributed by atoms with E-state index >= 15 is 0 Å². The van der Waals surface area contributed by atoms with Crippen LogP contribution in [0.1, 0.15) is 25.0 Å². The fourth-order valence-corrected chi connectivity index (χ4v) is 2.91. The summed E-state index contributed by atoms with van der Waals surface area (Å²) in [6.45, 7) is 4.94. The monoisotopic (exact) mass is 405 g/mol. The molecule has 0 radical (unpaired) electrons. The summed E-state index contributed by atoms with van der Waals surface area (Å²) < 4.78 is 12.9. The summed E-state index contributed by atoms with van der Waals surface area (Å²) >= 11 is 6.10. The predicted octanol–water partition coefficient (Wildman–Crippen LogP) is 3.12. The van der Waals surface area contributed by atoms with Crippen molar-refractivity contribution in [3.63, 3.8) is 0 Å². The number of nitrogens with zero attached hydrogens (tertiary/aromatic N) is 1. The average Bonchev–Trinajstić information content (AvgIpc) is 2.70. The van der Waals surface area contributed by atoms with E-state index < -0.39 is 6.04 Å². The first-order chi connectivity index (χ1) is 13.4. The highest BCUT2D eigenvalue weighted by Gasteiger charge is 2.22. The third-order valence-corrected chi connectivity index (χ3v) is 4.86. The van der Waals surface area contributed by atoms with Crippen LogP contribution >= 0.6 is 11.6 Å². The Balaban J connectivity index is 1.83. The lowest BCUT2D eigenvalue weighted by Crippen LogP contribution is -2.48. The Morgan fingerprint density at radius 1 is 1.07 bits per heavy atom. The van der Waals surface area contributed by atoms with Gasteiger partial charge in [-0.05, 0) is 42.8 Å². The van der Waals surface area contributed by atoms with Crippen molar-refractivity contribution in [1.29, 1.82) is 0 Å². The van der Waals surface area contributed by atoms with Crippen molar-refractivity contribution in [1.82, 2.24) is 15.5 Å². The van der Waals surface area contributed by atoms with Gasteiger partial charge in [0.05, 0.1) is 12.6 Å². The first kappa shape index (κ1) is 21.9. The summed E-state index contributed by atoms with van der Waals surface area (Å²) in [6, 6.07) is 12.8. The Bertz CT molecular complexity index is 798. The average molecular weight is 406 g/mol. The van der Waals surface area contributed by atoms with Gasteiger partial charge in [-0.1, -0.05) is 48.9 Å².